The van der Waals surface area contributed by atoms with Gasteiger partial charge in [0.2, 0.25) is 0 Å². The molecule has 218 valence electrons. The van der Waals surface area contributed by atoms with Gasteiger partial charge in [-0.3, -0.25) is 24.0 Å². The van der Waals surface area contributed by atoms with Crippen molar-refractivity contribution < 1.29 is 28.8 Å². The first-order chi connectivity index (χ1) is 20.6. The second-order valence-electron chi connectivity index (χ2n) is 9.99. The van der Waals surface area contributed by atoms with E-state index in [2.05, 4.69) is 10.6 Å². The number of amides is 5. The first-order valence-corrected chi connectivity index (χ1v) is 13.3. The van der Waals surface area contributed by atoms with E-state index in [1.165, 1.54) is 4.90 Å². The number of nitrogens with zero attached hydrogens (tertiary/aromatic N) is 2. The molecular formula is C33H30N4O6. The number of imide groups is 2. The summed E-state index contributed by atoms with van der Waals surface area (Å²) in [5, 5.41) is 6.15. The number of carbonyl (C=O) groups excluding carboxylic acids is 6. The Hall–Kier alpha value is -5.64. The molecule has 10 nitrogen and oxygen atoms in total. The van der Waals surface area contributed by atoms with Gasteiger partial charge < -0.3 is 15.4 Å². The molecule has 0 bridgehead atoms. The van der Waals surface area contributed by atoms with Crippen LogP contribution >= 0.6 is 0 Å². The van der Waals surface area contributed by atoms with E-state index in [4.69, 9.17) is 4.79 Å². The highest BCUT2D eigenvalue weighted by molar-refractivity contribution is 6.33. The van der Waals surface area contributed by atoms with E-state index >= 15 is 0 Å². The number of benzene rings is 3. The maximum Gasteiger partial charge on any atom is 0.261 e. The third-order valence-electron chi connectivity index (χ3n) is 7.44. The lowest BCUT2D eigenvalue weighted by molar-refractivity contribution is -0.122. The predicted octanol–water partition coefficient (Wildman–Crippen LogP) is 4.79. The minimum absolute atomic E-state index is 0.291. The smallest absolute Gasteiger partial charge is 0.261 e. The summed E-state index contributed by atoms with van der Waals surface area (Å²) in [5.74, 6) is -1.61. The van der Waals surface area contributed by atoms with Crippen LogP contribution in [0.1, 0.15) is 43.6 Å². The summed E-state index contributed by atoms with van der Waals surface area (Å²) in [6.07, 6.45) is 0. The Bertz CT molecular complexity index is 1640. The normalized spacial score (nSPS) is 14.8. The quantitative estimate of drug-likeness (QED) is 0.385. The number of anilines is 4. The highest BCUT2D eigenvalue weighted by Crippen LogP contribution is 2.28. The van der Waals surface area contributed by atoms with Crippen LogP contribution in [0.2, 0.25) is 0 Å². The third kappa shape index (κ3) is 5.89. The summed E-state index contributed by atoms with van der Waals surface area (Å²) < 4.78 is 0. The fourth-order valence-corrected chi connectivity index (χ4v) is 4.57. The van der Waals surface area contributed by atoms with E-state index in [0.717, 1.165) is 16.2 Å². The van der Waals surface area contributed by atoms with Crippen molar-refractivity contribution in [3.63, 3.8) is 0 Å². The van der Waals surface area contributed by atoms with Gasteiger partial charge in [0, 0.05) is 45.8 Å². The van der Waals surface area contributed by atoms with E-state index in [1.54, 1.807) is 76.2 Å². The van der Waals surface area contributed by atoms with Gasteiger partial charge in [0.1, 0.15) is 6.79 Å². The molecule has 0 saturated carbocycles. The zero-order valence-electron chi connectivity index (χ0n) is 24.2. The monoisotopic (exact) mass is 578 g/mol. The third-order valence-corrected chi connectivity index (χ3v) is 7.44. The van der Waals surface area contributed by atoms with Gasteiger partial charge in [-0.1, -0.05) is 12.1 Å². The number of rotatable bonds is 7. The standard InChI is InChI=1S/C32H28N4O5.CH2O/c1-18-19(2)30(39)35(29(18)38)26-13-5-22(6-14-26)17-33-24-9-11-25(12-10-24)34-28(37)23-7-15-27(16-8-23)36-31(40)20(3)21(4)32(36)41;1-2/h5-16,33H,17H2,1-4H3,(H,34,37);1H2. The highest BCUT2D eigenvalue weighted by Gasteiger charge is 2.35. The molecule has 0 aromatic heterocycles. The molecule has 3 aromatic carbocycles. The summed E-state index contributed by atoms with van der Waals surface area (Å²) in [6.45, 7) is 9.08. The van der Waals surface area contributed by atoms with Crippen molar-refractivity contribution in [1.29, 1.82) is 0 Å². The highest BCUT2D eigenvalue weighted by atomic mass is 16.2. The average Bonchev–Trinajstić information content (AvgIpc) is 3.35. The summed E-state index contributed by atoms with van der Waals surface area (Å²) in [7, 11) is 0. The minimum Gasteiger partial charge on any atom is -0.381 e. The molecule has 43 heavy (non-hydrogen) atoms. The van der Waals surface area contributed by atoms with E-state index in [-0.39, 0.29) is 29.5 Å². The zero-order valence-corrected chi connectivity index (χ0v) is 24.2. The average molecular weight is 579 g/mol. The van der Waals surface area contributed by atoms with E-state index < -0.39 is 0 Å². The molecule has 0 fully saturated rings. The van der Waals surface area contributed by atoms with Gasteiger partial charge in [-0.05, 0) is 93.9 Å². The first kappa shape index (κ1) is 30.3. The molecule has 2 heterocycles. The lowest BCUT2D eigenvalue weighted by Gasteiger charge is -2.16. The molecular weight excluding hydrogens is 548 g/mol. The van der Waals surface area contributed by atoms with Crippen molar-refractivity contribution in [2.75, 3.05) is 20.4 Å². The largest absolute Gasteiger partial charge is 0.381 e. The molecule has 2 aliphatic heterocycles. The minimum atomic E-state index is -0.354. The van der Waals surface area contributed by atoms with E-state index in [1.807, 2.05) is 31.1 Å². The van der Waals surface area contributed by atoms with Crippen LogP contribution < -0.4 is 20.4 Å². The Morgan fingerprint density at radius 1 is 0.581 bits per heavy atom. The van der Waals surface area contributed by atoms with Crippen molar-refractivity contribution in [2.24, 2.45) is 0 Å². The molecule has 5 amide bonds. The number of carbonyl (C=O) groups is 6. The maximum absolute atomic E-state index is 12.7. The number of nitrogens with one attached hydrogen (secondary N) is 2. The molecule has 3 aromatic rings. The summed E-state index contributed by atoms with van der Waals surface area (Å²) >= 11 is 0. The van der Waals surface area contributed by atoms with Crippen LogP contribution in [0.25, 0.3) is 0 Å². The van der Waals surface area contributed by atoms with Crippen LogP contribution in [0.4, 0.5) is 22.7 Å². The van der Waals surface area contributed by atoms with Gasteiger partial charge in [-0.25, -0.2) is 9.80 Å². The summed E-state index contributed by atoms with van der Waals surface area (Å²) in [6, 6.07) is 20.8. The molecule has 0 unspecified atom stereocenters. The van der Waals surface area contributed by atoms with Gasteiger partial charge in [0.25, 0.3) is 29.5 Å². The Labute approximate surface area is 248 Å². The Morgan fingerprint density at radius 2 is 0.953 bits per heavy atom. The van der Waals surface area contributed by atoms with Gasteiger partial charge >= 0.3 is 0 Å². The molecule has 0 radical (unpaired) electrons. The van der Waals surface area contributed by atoms with Crippen LogP contribution in [0.5, 0.6) is 0 Å². The van der Waals surface area contributed by atoms with Crippen molar-refractivity contribution in [2.45, 2.75) is 34.2 Å². The van der Waals surface area contributed by atoms with Gasteiger partial charge in [-0.2, -0.15) is 0 Å². The molecule has 0 atom stereocenters. The predicted molar refractivity (Wildman–Crippen MR) is 163 cm³/mol. The van der Waals surface area contributed by atoms with E-state index in [0.29, 0.717) is 51.5 Å². The molecule has 0 saturated heterocycles. The van der Waals surface area contributed by atoms with Crippen LogP contribution in [-0.2, 0) is 30.5 Å². The SMILES string of the molecule is C=O.CC1=C(C)C(=O)N(c2ccc(CNc3ccc(NC(=O)c4ccc(N5C(=O)C(C)=C(C)C5=O)cc4)cc3)cc2)C1=O. The molecule has 10 heteroatoms. The Kier molecular flexibility index (Phi) is 8.80. The molecule has 5 rings (SSSR count). The second-order valence-corrected chi connectivity index (χ2v) is 9.99. The summed E-state index contributed by atoms with van der Waals surface area (Å²) in [4.78, 5) is 72.6. The van der Waals surface area contributed by atoms with Crippen LogP contribution in [0.15, 0.2) is 95.1 Å². The van der Waals surface area contributed by atoms with Gasteiger partial charge in [0.05, 0.1) is 11.4 Å². The van der Waals surface area contributed by atoms with Gasteiger partial charge in [-0.15, -0.1) is 0 Å². The van der Waals surface area contributed by atoms with Gasteiger partial charge in [0.15, 0.2) is 0 Å². The molecule has 0 spiro atoms. The second kappa shape index (κ2) is 12.5. The van der Waals surface area contributed by atoms with Crippen LogP contribution in [-0.4, -0.2) is 36.3 Å². The molecule has 0 aliphatic carbocycles. The topological polar surface area (TPSA) is 133 Å². The Balaban J connectivity index is 0.00000207. The lowest BCUT2D eigenvalue weighted by Crippen LogP contribution is -2.31. The Morgan fingerprint density at radius 3 is 1.37 bits per heavy atom. The van der Waals surface area contributed by atoms with Crippen molar-refractivity contribution in [3.8, 4) is 0 Å². The number of hydrogen-bond donors (Lipinski definition) is 2. The van der Waals surface area contributed by atoms with Crippen molar-refractivity contribution in [1.82, 2.24) is 0 Å². The fourth-order valence-electron chi connectivity index (χ4n) is 4.57. The van der Waals surface area contributed by atoms with Crippen molar-refractivity contribution in [3.05, 3.63) is 106 Å². The maximum atomic E-state index is 12.7. The van der Waals surface area contributed by atoms with Crippen LogP contribution in [0.3, 0.4) is 0 Å². The number of hydrogen-bond acceptors (Lipinski definition) is 7. The summed E-state index contributed by atoms with van der Waals surface area (Å²) in [5.41, 5.74) is 5.53. The van der Waals surface area contributed by atoms with Crippen LogP contribution in [0, 0.1) is 0 Å². The van der Waals surface area contributed by atoms with Crippen molar-refractivity contribution >= 4 is 59.1 Å². The fraction of sp³-hybridized carbons (Fsp3) is 0.152. The molecule has 2 aliphatic rings. The lowest BCUT2D eigenvalue weighted by atomic mass is 10.1. The first-order valence-electron chi connectivity index (χ1n) is 13.3. The van der Waals surface area contributed by atoms with E-state index in [9.17, 15) is 24.0 Å². The molecule has 2 N–H and O–H groups in total. The zero-order chi connectivity index (χ0) is 31.4.